The summed E-state index contributed by atoms with van der Waals surface area (Å²) in [6.45, 7) is 0. The van der Waals surface area contributed by atoms with Gasteiger partial charge in [0.05, 0.1) is 36.1 Å². The number of rotatable bonds is 6. The van der Waals surface area contributed by atoms with E-state index in [1.165, 1.54) is 23.0 Å². The summed E-state index contributed by atoms with van der Waals surface area (Å²) in [4.78, 5) is 31.5. The Kier molecular flexibility index (Phi) is 6.59. The summed E-state index contributed by atoms with van der Waals surface area (Å²) >= 11 is 1.29. The van der Waals surface area contributed by atoms with Crippen LogP contribution in [0, 0.1) is 0 Å². The van der Waals surface area contributed by atoms with Gasteiger partial charge in [0, 0.05) is 22.8 Å². The summed E-state index contributed by atoms with van der Waals surface area (Å²) in [5.74, 6) is 1.12. The van der Waals surface area contributed by atoms with Crippen LogP contribution in [0.2, 0.25) is 0 Å². The van der Waals surface area contributed by atoms with Crippen LogP contribution in [0.1, 0.15) is 45.3 Å². The van der Waals surface area contributed by atoms with Gasteiger partial charge in [-0.3, -0.25) is 9.36 Å². The highest BCUT2D eigenvalue weighted by Gasteiger charge is 2.34. The Morgan fingerprint density at radius 1 is 1.00 bits per heavy atom. The number of ether oxygens (including phenoxy) is 2. The molecule has 43 heavy (non-hydrogen) atoms. The van der Waals surface area contributed by atoms with Crippen LogP contribution >= 0.6 is 11.3 Å². The van der Waals surface area contributed by atoms with Crippen LogP contribution in [0.4, 0.5) is 0 Å². The van der Waals surface area contributed by atoms with Gasteiger partial charge in [0.15, 0.2) is 4.80 Å². The summed E-state index contributed by atoms with van der Waals surface area (Å²) in [5.41, 5.74) is 5.46. The summed E-state index contributed by atoms with van der Waals surface area (Å²) in [7, 11) is 3.24. The molecule has 3 heterocycles. The minimum absolute atomic E-state index is 0.140. The van der Waals surface area contributed by atoms with Crippen LogP contribution in [0.5, 0.6) is 11.5 Å². The van der Waals surface area contributed by atoms with Gasteiger partial charge in [0.25, 0.3) is 5.56 Å². The number of aryl methyl sites for hydroxylation is 1. The maximum Gasteiger partial charge on any atom is 0.336 e. The summed E-state index contributed by atoms with van der Waals surface area (Å²) in [5, 5.41) is 9.61. The SMILES string of the molecule is COc1ccc(OC)c([C@@H]2C3=C(N=c4s/c(=C/c5ccc(-c6ccccc6C(=O)O)o5)c(=O)n42)c2ccccc2CC3)c1. The van der Waals surface area contributed by atoms with E-state index in [-0.39, 0.29) is 11.1 Å². The van der Waals surface area contributed by atoms with Crippen molar-refractivity contribution in [2.45, 2.75) is 18.9 Å². The molecule has 3 aromatic carbocycles. The van der Waals surface area contributed by atoms with Gasteiger partial charge in [0.2, 0.25) is 0 Å². The summed E-state index contributed by atoms with van der Waals surface area (Å²) in [6.07, 6.45) is 3.27. The Bertz CT molecular complexity index is 2130. The van der Waals surface area contributed by atoms with E-state index in [9.17, 15) is 14.7 Å². The molecule has 0 fully saturated rings. The van der Waals surface area contributed by atoms with Crippen molar-refractivity contribution in [1.82, 2.24) is 4.57 Å². The Morgan fingerprint density at radius 2 is 1.79 bits per heavy atom. The number of hydrogen-bond donors (Lipinski definition) is 1. The van der Waals surface area contributed by atoms with Crippen molar-refractivity contribution >= 4 is 29.1 Å². The van der Waals surface area contributed by atoms with Crippen molar-refractivity contribution in [1.29, 1.82) is 0 Å². The van der Waals surface area contributed by atoms with Crippen molar-refractivity contribution in [3.63, 3.8) is 0 Å². The predicted molar refractivity (Wildman–Crippen MR) is 163 cm³/mol. The van der Waals surface area contributed by atoms with Crippen molar-refractivity contribution in [2.75, 3.05) is 14.2 Å². The molecule has 0 radical (unpaired) electrons. The van der Waals surface area contributed by atoms with Crippen molar-refractivity contribution < 1.29 is 23.8 Å². The number of carboxylic acid groups (broad SMARTS) is 1. The van der Waals surface area contributed by atoms with Gasteiger partial charge in [-0.2, -0.15) is 0 Å². The Balaban J connectivity index is 1.42. The lowest BCUT2D eigenvalue weighted by Crippen LogP contribution is -2.39. The molecule has 9 heteroatoms. The number of carboxylic acids is 1. The first-order chi connectivity index (χ1) is 21.0. The van der Waals surface area contributed by atoms with E-state index in [2.05, 4.69) is 12.1 Å². The third-order valence-electron chi connectivity index (χ3n) is 7.93. The molecule has 2 aliphatic rings. The minimum Gasteiger partial charge on any atom is -0.497 e. The van der Waals surface area contributed by atoms with Crippen LogP contribution in [0.3, 0.4) is 0 Å². The fourth-order valence-corrected chi connectivity index (χ4v) is 6.92. The van der Waals surface area contributed by atoms with Gasteiger partial charge in [-0.25, -0.2) is 9.79 Å². The predicted octanol–water partition coefficient (Wildman–Crippen LogP) is 5.29. The standard InChI is InChI=1S/C34H26N2O6S/c1-40-20-12-15-27(41-2)26(17-20)31-25-14-11-19-7-3-4-8-22(19)30(25)35-34-36(31)32(37)29(43-34)18-21-13-16-28(42-21)23-9-5-6-10-24(23)33(38)39/h3-10,12-13,15-18,31H,11,14H2,1-2H3,(H,38,39)/b29-18+/t31-/m0/s1. The number of fused-ring (bicyclic) bond motifs is 3. The molecule has 0 amide bonds. The van der Waals surface area contributed by atoms with E-state index in [4.69, 9.17) is 18.9 Å². The second-order valence-corrected chi connectivity index (χ2v) is 11.3. The molecule has 0 bridgehead atoms. The minimum atomic E-state index is -1.04. The number of nitrogens with zero attached hydrogens (tertiary/aromatic N) is 2. The van der Waals surface area contributed by atoms with Gasteiger partial charge in [-0.05, 0) is 60.4 Å². The molecular weight excluding hydrogens is 564 g/mol. The number of aromatic carboxylic acids is 1. The molecule has 1 N–H and O–H groups in total. The molecule has 214 valence electrons. The van der Waals surface area contributed by atoms with Crippen LogP contribution < -0.4 is 24.4 Å². The topological polar surface area (TPSA) is 103 Å². The molecule has 1 aliphatic carbocycles. The fraction of sp³-hybridized carbons (Fsp3) is 0.147. The molecule has 0 spiro atoms. The van der Waals surface area contributed by atoms with E-state index >= 15 is 0 Å². The summed E-state index contributed by atoms with van der Waals surface area (Å²) in [6, 6.07) is 23.6. The number of aromatic nitrogens is 1. The third kappa shape index (κ3) is 4.49. The number of allylic oxidation sites excluding steroid dienone is 1. The molecule has 8 nitrogen and oxygen atoms in total. The molecular formula is C34H26N2O6S. The molecule has 2 aromatic heterocycles. The molecule has 7 rings (SSSR count). The summed E-state index contributed by atoms with van der Waals surface area (Å²) < 4.78 is 19.6. The average molecular weight is 591 g/mol. The van der Waals surface area contributed by atoms with Crippen molar-refractivity contribution in [2.24, 2.45) is 4.99 Å². The van der Waals surface area contributed by atoms with E-state index in [0.717, 1.165) is 35.2 Å². The molecule has 0 saturated heterocycles. The van der Waals surface area contributed by atoms with Crippen LogP contribution in [-0.2, 0) is 6.42 Å². The zero-order chi connectivity index (χ0) is 29.7. The molecule has 1 atom stereocenters. The third-order valence-corrected chi connectivity index (χ3v) is 8.91. The molecule has 5 aromatic rings. The highest BCUT2D eigenvalue weighted by molar-refractivity contribution is 7.07. The van der Waals surface area contributed by atoms with Crippen LogP contribution in [0.15, 0.2) is 98.6 Å². The number of furan rings is 1. The lowest BCUT2D eigenvalue weighted by molar-refractivity contribution is 0.0697. The quantitative estimate of drug-likeness (QED) is 0.288. The second kappa shape index (κ2) is 10.6. The second-order valence-electron chi connectivity index (χ2n) is 10.3. The van der Waals surface area contributed by atoms with Crippen LogP contribution in [0.25, 0.3) is 23.1 Å². The largest absolute Gasteiger partial charge is 0.497 e. The highest BCUT2D eigenvalue weighted by Crippen LogP contribution is 2.44. The number of benzene rings is 3. The monoisotopic (exact) mass is 590 g/mol. The first kappa shape index (κ1) is 26.7. The van der Waals surface area contributed by atoms with Gasteiger partial charge >= 0.3 is 5.97 Å². The van der Waals surface area contributed by atoms with Gasteiger partial charge in [-0.15, -0.1) is 0 Å². The maximum absolute atomic E-state index is 14.2. The van der Waals surface area contributed by atoms with Gasteiger partial charge in [-0.1, -0.05) is 53.8 Å². The molecule has 1 aliphatic heterocycles. The maximum atomic E-state index is 14.2. The average Bonchev–Trinajstić information content (AvgIpc) is 3.63. The van der Waals surface area contributed by atoms with Gasteiger partial charge in [0.1, 0.15) is 23.0 Å². The molecule has 0 unspecified atom stereocenters. The zero-order valence-electron chi connectivity index (χ0n) is 23.4. The number of hydrogen-bond acceptors (Lipinski definition) is 7. The number of methoxy groups -OCH3 is 2. The van der Waals surface area contributed by atoms with Crippen molar-refractivity contribution in [3.05, 3.63) is 132 Å². The normalized spacial score (nSPS) is 15.8. The van der Waals surface area contributed by atoms with Gasteiger partial charge < -0.3 is 19.0 Å². The highest BCUT2D eigenvalue weighted by atomic mass is 32.1. The van der Waals surface area contributed by atoms with E-state index in [1.807, 2.05) is 30.3 Å². The smallest absolute Gasteiger partial charge is 0.336 e. The van der Waals surface area contributed by atoms with E-state index < -0.39 is 12.0 Å². The lowest BCUT2D eigenvalue weighted by Gasteiger charge is -2.31. The zero-order valence-corrected chi connectivity index (χ0v) is 24.2. The Labute approximate surface area is 250 Å². The Morgan fingerprint density at radius 3 is 2.58 bits per heavy atom. The fourth-order valence-electron chi connectivity index (χ4n) is 5.94. The first-order valence-corrected chi connectivity index (χ1v) is 14.6. The number of carbonyl (C=O) groups is 1. The first-order valence-electron chi connectivity index (χ1n) is 13.7. The van der Waals surface area contributed by atoms with E-state index in [1.54, 1.807) is 55.2 Å². The van der Waals surface area contributed by atoms with Crippen molar-refractivity contribution in [3.8, 4) is 22.8 Å². The van der Waals surface area contributed by atoms with Crippen LogP contribution in [-0.4, -0.2) is 29.9 Å². The number of thiazole rings is 1. The van der Waals surface area contributed by atoms with E-state index in [0.29, 0.717) is 37.9 Å². The lowest BCUT2D eigenvalue weighted by atomic mass is 9.83. The molecule has 0 saturated carbocycles. The Hall–Kier alpha value is -5.15.